The maximum Gasteiger partial charge on any atom is 0.224 e. The summed E-state index contributed by atoms with van der Waals surface area (Å²) in [5, 5.41) is 3.69. The fourth-order valence-electron chi connectivity index (χ4n) is 2.55. The predicted molar refractivity (Wildman–Crippen MR) is 82.8 cm³/mol. The van der Waals surface area contributed by atoms with Crippen molar-refractivity contribution in [2.75, 3.05) is 6.54 Å². The maximum absolute atomic E-state index is 11.9. The van der Waals surface area contributed by atoms with Crippen molar-refractivity contribution < 1.29 is 4.79 Å². The molecule has 0 bridgehead atoms. The van der Waals surface area contributed by atoms with Crippen LogP contribution in [0, 0.1) is 5.92 Å². The lowest BCUT2D eigenvalue weighted by molar-refractivity contribution is -0.120. The van der Waals surface area contributed by atoms with E-state index >= 15 is 0 Å². The first-order chi connectivity index (χ1) is 9.15. The summed E-state index contributed by atoms with van der Waals surface area (Å²) in [4.78, 5) is 12.5. The Hall–Kier alpha value is -0.540. The highest BCUT2D eigenvalue weighted by Crippen LogP contribution is 2.28. The Labute approximate surface area is 128 Å². The first-order valence-corrected chi connectivity index (χ1v) is 8.08. The first-order valence-electron chi connectivity index (χ1n) is 6.79. The highest BCUT2D eigenvalue weighted by atomic mass is 79.9. The molecule has 2 atom stereocenters. The second-order valence-electron chi connectivity index (χ2n) is 5.20. The van der Waals surface area contributed by atoms with Gasteiger partial charge in [0.1, 0.15) is 0 Å². The summed E-state index contributed by atoms with van der Waals surface area (Å²) in [6.45, 7) is 0.783. The zero-order valence-electron chi connectivity index (χ0n) is 10.9. The molecule has 1 fully saturated rings. The van der Waals surface area contributed by atoms with Gasteiger partial charge in [0, 0.05) is 16.4 Å². The summed E-state index contributed by atoms with van der Waals surface area (Å²) < 4.78 is 0. The van der Waals surface area contributed by atoms with Crippen molar-refractivity contribution in [2.24, 2.45) is 5.92 Å². The number of rotatable bonds is 4. The van der Waals surface area contributed by atoms with Gasteiger partial charge in [0.05, 0.1) is 6.42 Å². The van der Waals surface area contributed by atoms with Crippen molar-refractivity contribution >= 4 is 33.4 Å². The van der Waals surface area contributed by atoms with Crippen LogP contribution >= 0.6 is 27.5 Å². The molecule has 1 aliphatic rings. The van der Waals surface area contributed by atoms with Gasteiger partial charge < -0.3 is 5.32 Å². The van der Waals surface area contributed by atoms with Crippen molar-refractivity contribution in [1.82, 2.24) is 5.32 Å². The number of halogens is 2. The molecule has 0 saturated heterocycles. The van der Waals surface area contributed by atoms with E-state index in [0.717, 1.165) is 18.5 Å². The molecular weight excluding hydrogens is 326 g/mol. The summed E-state index contributed by atoms with van der Waals surface area (Å²) in [5.41, 5.74) is 0.892. The van der Waals surface area contributed by atoms with Crippen molar-refractivity contribution in [3.63, 3.8) is 0 Å². The molecule has 2 nitrogen and oxygen atoms in total. The van der Waals surface area contributed by atoms with Crippen LogP contribution in [0.25, 0.3) is 0 Å². The monoisotopic (exact) mass is 343 g/mol. The molecule has 19 heavy (non-hydrogen) atoms. The van der Waals surface area contributed by atoms with Gasteiger partial charge >= 0.3 is 0 Å². The lowest BCUT2D eigenvalue weighted by atomic mass is 9.89. The summed E-state index contributed by atoms with van der Waals surface area (Å²) in [5.74, 6) is 0.665. The molecule has 0 heterocycles. The minimum absolute atomic E-state index is 0.0600. The highest BCUT2D eigenvalue weighted by molar-refractivity contribution is 9.09. The van der Waals surface area contributed by atoms with Gasteiger partial charge in [-0.25, -0.2) is 0 Å². The van der Waals surface area contributed by atoms with Crippen molar-refractivity contribution in [2.45, 2.75) is 36.9 Å². The Morgan fingerprint density at radius 1 is 1.37 bits per heavy atom. The normalized spacial score (nSPS) is 23.1. The highest BCUT2D eigenvalue weighted by Gasteiger charge is 2.20. The SMILES string of the molecule is O=C(Cc1ccccc1Cl)NCC1CCCC(Br)C1. The molecule has 0 aliphatic heterocycles. The summed E-state index contributed by atoms with van der Waals surface area (Å²) in [6.07, 6.45) is 5.25. The smallest absolute Gasteiger partial charge is 0.224 e. The Balaban J connectivity index is 1.77. The van der Waals surface area contributed by atoms with Crippen molar-refractivity contribution in [3.8, 4) is 0 Å². The quantitative estimate of drug-likeness (QED) is 0.823. The van der Waals surface area contributed by atoms with E-state index in [9.17, 15) is 4.79 Å². The molecule has 0 spiro atoms. The molecule has 2 unspecified atom stereocenters. The third kappa shape index (κ3) is 4.81. The van der Waals surface area contributed by atoms with Crippen LogP contribution < -0.4 is 5.32 Å². The zero-order valence-corrected chi connectivity index (χ0v) is 13.2. The molecule has 1 saturated carbocycles. The number of carbonyl (C=O) groups excluding carboxylic acids is 1. The Morgan fingerprint density at radius 2 is 2.16 bits per heavy atom. The summed E-state index contributed by atoms with van der Waals surface area (Å²) in [6, 6.07) is 7.50. The second-order valence-corrected chi connectivity index (χ2v) is 6.90. The average Bonchev–Trinajstić information content (AvgIpc) is 2.39. The second kappa shape index (κ2) is 7.30. The van der Waals surface area contributed by atoms with Gasteiger partial charge in [0.15, 0.2) is 0 Å². The van der Waals surface area contributed by atoms with Crippen LogP contribution in [0.1, 0.15) is 31.2 Å². The van der Waals surface area contributed by atoms with E-state index in [4.69, 9.17) is 11.6 Å². The van der Waals surface area contributed by atoms with Crippen LogP contribution in [0.3, 0.4) is 0 Å². The zero-order chi connectivity index (χ0) is 13.7. The number of amides is 1. The topological polar surface area (TPSA) is 29.1 Å². The molecule has 1 aromatic rings. The van der Waals surface area contributed by atoms with Crippen LogP contribution in [-0.4, -0.2) is 17.3 Å². The van der Waals surface area contributed by atoms with Gasteiger partial charge in [-0.2, -0.15) is 0 Å². The fraction of sp³-hybridized carbons (Fsp3) is 0.533. The molecule has 2 rings (SSSR count). The Bertz CT molecular complexity index is 438. The van der Waals surface area contributed by atoms with E-state index in [1.807, 2.05) is 24.3 Å². The van der Waals surface area contributed by atoms with Gasteiger partial charge in [0.2, 0.25) is 5.91 Å². The Kier molecular flexibility index (Phi) is 5.71. The van der Waals surface area contributed by atoms with Gasteiger partial charge in [-0.15, -0.1) is 0 Å². The molecule has 4 heteroatoms. The lowest BCUT2D eigenvalue weighted by Gasteiger charge is -2.25. The molecule has 1 aromatic carbocycles. The number of benzene rings is 1. The summed E-state index contributed by atoms with van der Waals surface area (Å²) in [7, 11) is 0. The van der Waals surface area contributed by atoms with Crippen LogP contribution in [0.15, 0.2) is 24.3 Å². The molecule has 104 valence electrons. The molecular formula is C15H19BrClNO. The van der Waals surface area contributed by atoms with E-state index in [2.05, 4.69) is 21.2 Å². The standard InChI is InChI=1S/C15H19BrClNO/c16-13-6-3-4-11(8-13)10-18-15(19)9-12-5-1-2-7-14(12)17/h1-2,5,7,11,13H,3-4,6,8-10H2,(H,18,19). The van der Waals surface area contributed by atoms with E-state index in [-0.39, 0.29) is 5.91 Å². The van der Waals surface area contributed by atoms with E-state index in [0.29, 0.717) is 22.2 Å². The van der Waals surface area contributed by atoms with Gasteiger partial charge in [-0.05, 0) is 36.8 Å². The predicted octanol–water partition coefficient (Wildman–Crippen LogP) is 3.95. The maximum atomic E-state index is 11.9. The van der Waals surface area contributed by atoms with Gasteiger partial charge in [-0.3, -0.25) is 4.79 Å². The van der Waals surface area contributed by atoms with Crippen LogP contribution in [0.4, 0.5) is 0 Å². The van der Waals surface area contributed by atoms with Gasteiger partial charge in [-0.1, -0.05) is 52.2 Å². The molecule has 1 N–H and O–H groups in total. The first kappa shape index (κ1) is 14.9. The van der Waals surface area contributed by atoms with E-state index < -0.39 is 0 Å². The van der Waals surface area contributed by atoms with Crippen LogP contribution in [0.5, 0.6) is 0 Å². The average molecular weight is 345 g/mol. The molecule has 1 amide bonds. The van der Waals surface area contributed by atoms with Crippen molar-refractivity contribution in [3.05, 3.63) is 34.9 Å². The number of hydrogen-bond acceptors (Lipinski definition) is 1. The van der Waals surface area contributed by atoms with E-state index in [1.54, 1.807) is 0 Å². The summed E-state index contributed by atoms with van der Waals surface area (Å²) >= 11 is 9.72. The number of hydrogen-bond donors (Lipinski definition) is 1. The van der Waals surface area contributed by atoms with Crippen molar-refractivity contribution in [1.29, 1.82) is 0 Å². The number of carbonyl (C=O) groups is 1. The number of alkyl halides is 1. The molecule has 0 aromatic heterocycles. The van der Waals surface area contributed by atoms with E-state index in [1.165, 1.54) is 19.3 Å². The third-order valence-electron chi connectivity index (χ3n) is 3.62. The molecule has 1 aliphatic carbocycles. The fourth-order valence-corrected chi connectivity index (χ4v) is 3.60. The minimum Gasteiger partial charge on any atom is -0.356 e. The van der Waals surface area contributed by atoms with Crippen LogP contribution in [0.2, 0.25) is 5.02 Å². The largest absolute Gasteiger partial charge is 0.356 e. The lowest BCUT2D eigenvalue weighted by Crippen LogP contribution is -2.32. The number of nitrogens with one attached hydrogen (secondary N) is 1. The van der Waals surface area contributed by atoms with Gasteiger partial charge in [0.25, 0.3) is 0 Å². The van der Waals surface area contributed by atoms with Crippen LogP contribution in [-0.2, 0) is 11.2 Å². The molecule has 0 radical (unpaired) electrons. The minimum atomic E-state index is 0.0600. The third-order valence-corrected chi connectivity index (χ3v) is 4.82. The Morgan fingerprint density at radius 3 is 2.89 bits per heavy atom.